The number of halogens is 1. The molecule has 38 heavy (non-hydrogen) atoms. The number of aromatic hydroxyl groups is 1. The number of carbonyl (C=O) groups excluding carboxylic acids is 1. The molecular weight excluding hydrogens is 576 g/mol. The van der Waals surface area contributed by atoms with Gasteiger partial charge in [0.05, 0.1) is 49.3 Å². The van der Waals surface area contributed by atoms with Crippen LogP contribution in [-0.2, 0) is 9.53 Å². The van der Waals surface area contributed by atoms with Crippen LogP contribution in [0.4, 0.5) is 0 Å². The van der Waals surface area contributed by atoms with E-state index >= 15 is 0 Å². The summed E-state index contributed by atoms with van der Waals surface area (Å²) in [5.41, 5.74) is 1.30. The van der Waals surface area contributed by atoms with Gasteiger partial charge in [-0.3, -0.25) is 9.36 Å². The van der Waals surface area contributed by atoms with Gasteiger partial charge in [-0.25, -0.2) is 9.79 Å². The number of phenolic OH excluding ortho intramolecular Hbond substituents is 1. The van der Waals surface area contributed by atoms with E-state index in [0.29, 0.717) is 48.7 Å². The van der Waals surface area contributed by atoms with Crippen molar-refractivity contribution in [3.05, 3.63) is 76.9 Å². The number of nitrogens with zero attached hydrogens (tertiary/aromatic N) is 2. The van der Waals surface area contributed by atoms with Crippen molar-refractivity contribution in [3.63, 3.8) is 0 Å². The molecule has 9 nitrogen and oxygen atoms in total. The fraction of sp³-hybridized carbons (Fsp3) is 0.296. The summed E-state index contributed by atoms with van der Waals surface area (Å²) in [5.74, 6) is 0.601. The van der Waals surface area contributed by atoms with Crippen LogP contribution in [0.2, 0.25) is 0 Å². The number of carbonyl (C=O) groups is 1. The highest BCUT2D eigenvalue weighted by molar-refractivity contribution is 9.10. The third-order valence-corrected chi connectivity index (χ3v) is 7.60. The number of rotatable bonds is 8. The van der Waals surface area contributed by atoms with Gasteiger partial charge in [-0.2, -0.15) is 0 Å². The number of esters is 1. The highest BCUT2D eigenvalue weighted by Gasteiger charge is 2.35. The molecule has 0 bridgehead atoms. The van der Waals surface area contributed by atoms with Crippen LogP contribution in [0.5, 0.6) is 23.0 Å². The maximum atomic E-state index is 13.9. The van der Waals surface area contributed by atoms with Gasteiger partial charge in [0.2, 0.25) is 0 Å². The van der Waals surface area contributed by atoms with Crippen molar-refractivity contribution in [1.82, 2.24) is 4.57 Å². The number of fused-ring (bicyclic) bond motifs is 1. The lowest BCUT2D eigenvalue weighted by Crippen LogP contribution is -2.40. The lowest BCUT2D eigenvalue weighted by atomic mass is 9.95. The van der Waals surface area contributed by atoms with E-state index in [9.17, 15) is 14.7 Å². The Labute approximate surface area is 231 Å². The first-order valence-electron chi connectivity index (χ1n) is 11.8. The van der Waals surface area contributed by atoms with Crippen molar-refractivity contribution in [3.8, 4) is 23.0 Å². The molecule has 200 valence electrons. The van der Waals surface area contributed by atoms with E-state index < -0.39 is 12.0 Å². The Kier molecular flexibility index (Phi) is 8.27. The van der Waals surface area contributed by atoms with Gasteiger partial charge in [0.25, 0.3) is 5.56 Å². The normalized spacial score (nSPS) is 15.1. The van der Waals surface area contributed by atoms with Crippen molar-refractivity contribution >= 4 is 39.3 Å². The molecule has 2 heterocycles. The highest BCUT2D eigenvalue weighted by Crippen LogP contribution is 2.41. The molecule has 2 aromatic carbocycles. The molecule has 0 saturated carbocycles. The SMILES string of the molecule is CCOC(=O)C1=C(C)N=c2s/c(=C/c3cccc(OC)c3O)c(=O)n2[C@@H]1c1cc(OC)c(OCC)cc1Br. The largest absolute Gasteiger partial charge is 0.504 e. The fourth-order valence-electron chi connectivity index (χ4n) is 4.24. The first-order chi connectivity index (χ1) is 18.2. The summed E-state index contributed by atoms with van der Waals surface area (Å²) in [7, 11) is 2.98. The second-order valence-corrected chi connectivity index (χ2v) is 10.0. The zero-order chi connectivity index (χ0) is 27.6. The van der Waals surface area contributed by atoms with Gasteiger partial charge in [-0.15, -0.1) is 0 Å². The van der Waals surface area contributed by atoms with E-state index in [-0.39, 0.29) is 29.2 Å². The standard InChI is InChI=1S/C27H27BrN2O7S/c1-6-36-20-13-17(28)16(12-19(20)35-5)23-22(26(33)37-7-2)14(3)29-27-30(23)25(32)21(38-27)11-15-9-8-10-18(34-4)24(15)31/h8-13,23,31H,6-7H2,1-5H3/b21-11+/t23-/m1/s1. The van der Waals surface area contributed by atoms with Gasteiger partial charge < -0.3 is 24.1 Å². The van der Waals surface area contributed by atoms with Crippen LogP contribution in [0.1, 0.15) is 37.9 Å². The molecule has 0 amide bonds. The van der Waals surface area contributed by atoms with Crippen LogP contribution in [0.3, 0.4) is 0 Å². The van der Waals surface area contributed by atoms with Crippen LogP contribution in [0, 0.1) is 0 Å². The number of benzene rings is 2. The number of allylic oxidation sites excluding steroid dienone is 1. The monoisotopic (exact) mass is 602 g/mol. The molecule has 4 rings (SSSR count). The highest BCUT2D eigenvalue weighted by atomic mass is 79.9. The molecule has 1 aromatic heterocycles. The number of phenols is 1. The van der Waals surface area contributed by atoms with Crippen LogP contribution in [0.15, 0.2) is 55.9 Å². The molecule has 0 spiro atoms. The van der Waals surface area contributed by atoms with E-state index in [2.05, 4.69) is 20.9 Å². The molecule has 0 unspecified atom stereocenters. The van der Waals surface area contributed by atoms with Crippen LogP contribution >= 0.6 is 27.3 Å². The molecule has 0 saturated heterocycles. The summed E-state index contributed by atoms with van der Waals surface area (Å²) < 4.78 is 24.2. The lowest BCUT2D eigenvalue weighted by molar-refractivity contribution is -0.139. The van der Waals surface area contributed by atoms with Gasteiger partial charge in [0.1, 0.15) is 0 Å². The number of para-hydroxylation sites is 1. The van der Waals surface area contributed by atoms with Crippen LogP contribution in [0.25, 0.3) is 6.08 Å². The predicted octanol–water partition coefficient (Wildman–Crippen LogP) is 3.68. The lowest BCUT2D eigenvalue weighted by Gasteiger charge is -2.26. The van der Waals surface area contributed by atoms with Gasteiger partial charge in [0, 0.05) is 10.0 Å². The second kappa shape index (κ2) is 11.4. The summed E-state index contributed by atoms with van der Waals surface area (Å²) in [5, 5.41) is 10.6. The number of aromatic nitrogens is 1. The summed E-state index contributed by atoms with van der Waals surface area (Å²) >= 11 is 4.76. The Hall–Kier alpha value is -3.57. The number of ether oxygens (including phenoxy) is 4. The minimum Gasteiger partial charge on any atom is -0.504 e. The summed E-state index contributed by atoms with van der Waals surface area (Å²) in [6, 6.07) is 7.65. The molecule has 1 N–H and O–H groups in total. The number of thiazole rings is 1. The number of methoxy groups -OCH3 is 2. The Morgan fingerprint density at radius 1 is 1.16 bits per heavy atom. The molecule has 1 aliphatic heterocycles. The van der Waals surface area contributed by atoms with Gasteiger partial charge in [-0.1, -0.05) is 39.4 Å². The maximum Gasteiger partial charge on any atom is 0.338 e. The quantitative estimate of drug-likeness (QED) is 0.392. The minimum atomic E-state index is -0.856. The molecule has 0 aliphatic carbocycles. The number of hydrogen-bond acceptors (Lipinski definition) is 9. The Morgan fingerprint density at radius 2 is 1.89 bits per heavy atom. The molecule has 1 atom stereocenters. The van der Waals surface area contributed by atoms with E-state index in [1.54, 1.807) is 50.3 Å². The summed E-state index contributed by atoms with van der Waals surface area (Å²) in [6.07, 6.45) is 1.58. The van der Waals surface area contributed by atoms with Crippen molar-refractivity contribution in [2.24, 2.45) is 4.99 Å². The zero-order valence-corrected chi connectivity index (χ0v) is 23.9. The topological polar surface area (TPSA) is 109 Å². The molecular formula is C27H27BrN2O7S. The smallest absolute Gasteiger partial charge is 0.338 e. The average Bonchev–Trinajstić information content (AvgIpc) is 3.19. The van der Waals surface area contributed by atoms with E-state index in [1.807, 2.05) is 6.92 Å². The molecule has 0 radical (unpaired) electrons. The first-order valence-corrected chi connectivity index (χ1v) is 13.4. The third-order valence-electron chi connectivity index (χ3n) is 5.93. The van der Waals surface area contributed by atoms with Gasteiger partial charge in [-0.05, 0) is 50.6 Å². The van der Waals surface area contributed by atoms with E-state index in [0.717, 1.165) is 11.3 Å². The van der Waals surface area contributed by atoms with Gasteiger partial charge in [0.15, 0.2) is 27.8 Å². The number of hydrogen-bond donors (Lipinski definition) is 1. The van der Waals surface area contributed by atoms with Crippen molar-refractivity contribution in [2.45, 2.75) is 26.8 Å². The Balaban J connectivity index is 2.01. The molecule has 11 heteroatoms. The Bertz CT molecular complexity index is 1610. The predicted molar refractivity (Wildman–Crippen MR) is 147 cm³/mol. The van der Waals surface area contributed by atoms with Crippen LogP contribution < -0.4 is 29.1 Å². The third kappa shape index (κ3) is 4.95. The zero-order valence-electron chi connectivity index (χ0n) is 21.5. The van der Waals surface area contributed by atoms with Gasteiger partial charge >= 0.3 is 5.97 Å². The fourth-order valence-corrected chi connectivity index (χ4v) is 5.81. The van der Waals surface area contributed by atoms with E-state index in [1.165, 1.54) is 18.8 Å². The summed E-state index contributed by atoms with van der Waals surface area (Å²) in [6.45, 7) is 5.89. The van der Waals surface area contributed by atoms with Crippen molar-refractivity contribution < 1.29 is 28.8 Å². The molecule has 3 aromatic rings. The van der Waals surface area contributed by atoms with E-state index in [4.69, 9.17) is 18.9 Å². The molecule has 0 fully saturated rings. The first kappa shape index (κ1) is 27.5. The second-order valence-electron chi connectivity index (χ2n) is 8.16. The summed E-state index contributed by atoms with van der Waals surface area (Å²) in [4.78, 5) is 32.0. The molecule has 1 aliphatic rings. The van der Waals surface area contributed by atoms with Crippen molar-refractivity contribution in [2.75, 3.05) is 27.4 Å². The van der Waals surface area contributed by atoms with Crippen molar-refractivity contribution in [1.29, 1.82) is 0 Å². The Morgan fingerprint density at radius 3 is 2.55 bits per heavy atom. The average molecular weight is 603 g/mol. The van der Waals surface area contributed by atoms with Crippen LogP contribution in [-0.4, -0.2) is 43.1 Å². The maximum absolute atomic E-state index is 13.9. The minimum absolute atomic E-state index is 0.0835.